The first-order valence-corrected chi connectivity index (χ1v) is 26.3. The summed E-state index contributed by atoms with van der Waals surface area (Å²) in [6.07, 6.45) is -1.07. The standard InChI is InChI=1S/C59H79N5O12/c1-35(2)50(55(71)73-12)63-53(69)45(29-30-48(67)76-59(10,11)38-22-14-13-15-23-38)62-54(70)51(37(4)75-57(5,6)7)64-52(68)44(61-36(3)49-46(65)32-58(8,9)33-47(49)66)28-20-21-31-60-56(72)74-34-43-41-26-18-16-24-39(41)40-25-17-19-27-42(40)43/h13-19,22-27,35,37,43-45,50-51,61H,20-21,28-34H2,1-12H3,(H,60,72)(H,62,70)(H,63,69)(H,64,68)/t37-,44+,45+,50+,51?/m1/s1. The second-order valence-corrected chi connectivity index (χ2v) is 22.4. The Morgan fingerprint density at radius 2 is 1.22 bits per heavy atom. The Kier molecular flexibility index (Phi) is 20.7. The third kappa shape index (κ3) is 16.6. The summed E-state index contributed by atoms with van der Waals surface area (Å²) in [6.45, 7) is 19.4. The van der Waals surface area contributed by atoms with E-state index in [9.17, 15) is 38.4 Å². The van der Waals surface area contributed by atoms with E-state index in [1.807, 2.05) is 80.6 Å². The number of ether oxygens (including phenoxy) is 4. The number of hydrogen-bond donors (Lipinski definition) is 5. The molecular weight excluding hydrogens is 971 g/mol. The van der Waals surface area contributed by atoms with E-state index in [4.69, 9.17) is 18.9 Å². The second-order valence-electron chi connectivity index (χ2n) is 22.4. The number of nitrogens with one attached hydrogen (secondary N) is 5. The van der Waals surface area contributed by atoms with Crippen LogP contribution in [0.25, 0.3) is 11.1 Å². The van der Waals surface area contributed by atoms with Crippen molar-refractivity contribution in [3.8, 4) is 11.1 Å². The Morgan fingerprint density at radius 1 is 0.684 bits per heavy atom. The normalized spacial score (nSPS) is 16.2. The molecule has 1 saturated carbocycles. The summed E-state index contributed by atoms with van der Waals surface area (Å²) < 4.78 is 22.8. The Bertz CT molecular complexity index is 2550. The molecule has 2 aliphatic carbocycles. The SMILES string of the molecule is COC(=O)[C@@H](NC(=O)[C@H](CCC(=O)OC(C)(C)c1ccccc1)NC(=O)C(NC(=O)[C@H](CCCCNC(=O)OCC1c2ccccc2-c2ccccc21)NC(C)=C1C(=O)CC(C)(C)CC1=O)[C@@H](C)OC(C)(C)C)C(C)C. The fourth-order valence-electron chi connectivity index (χ4n) is 9.78. The van der Waals surface area contributed by atoms with Gasteiger partial charge in [-0.25, -0.2) is 9.59 Å². The molecule has 0 saturated heterocycles. The third-order valence-corrected chi connectivity index (χ3v) is 13.6. The molecule has 76 heavy (non-hydrogen) atoms. The average Bonchev–Trinajstić information content (AvgIpc) is 3.66. The second kappa shape index (κ2) is 26.3. The highest BCUT2D eigenvalue weighted by molar-refractivity contribution is 6.22. The number of ketones is 2. The van der Waals surface area contributed by atoms with E-state index < -0.39 is 88.6 Å². The Balaban J connectivity index is 1.34. The lowest BCUT2D eigenvalue weighted by Crippen LogP contribution is -2.61. The van der Waals surface area contributed by atoms with Crippen LogP contribution in [0.4, 0.5) is 4.79 Å². The molecule has 0 radical (unpaired) electrons. The minimum atomic E-state index is -1.46. The van der Waals surface area contributed by atoms with E-state index in [-0.39, 0.29) is 74.0 Å². The monoisotopic (exact) mass is 1050 g/mol. The molecule has 5 rings (SSSR count). The number of allylic oxidation sites excluding steroid dienone is 2. The summed E-state index contributed by atoms with van der Waals surface area (Å²) >= 11 is 0. The highest BCUT2D eigenvalue weighted by Crippen LogP contribution is 2.44. The molecule has 5 atom stereocenters. The molecule has 0 bridgehead atoms. The van der Waals surface area contributed by atoms with Crippen molar-refractivity contribution in [2.24, 2.45) is 11.3 Å². The number of fused-ring (bicyclic) bond motifs is 3. The number of methoxy groups -OCH3 is 1. The largest absolute Gasteiger partial charge is 0.467 e. The maximum Gasteiger partial charge on any atom is 0.407 e. The lowest BCUT2D eigenvalue weighted by molar-refractivity contribution is -0.158. The first kappa shape index (κ1) is 60.0. The van der Waals surface area contributed by atoms with Gasteiger partial charge in [-0.3, -0.25) is 28.8 Å². The van der Waals surface area contributed by atoms with Crippen molar-refractivity contribution in [3.05, 3.63) is 107 Å². The van der Waals surface area contributed by atoms with Crippen molar-refractivity contribution in [2.75, 3.05) is 20.3 Å². The zero-order valence-corrected chi connectivity index (χ0v) is 46.3. The number of unbranched alkanes of at least 4 members (excludes halogenated alkanes) is 1. The molecule has 412 valence electrons. The fourth-order valence-corrected chi connectivity index (χ4v) is 9.78. The minimum Gasteiger partial charge on any atom is -0.467 e. The van der Waals surface area contributed by atoms with Gasteiger partial charge >= 0.3 is 18.0 Å². The van der Waals surface area contributed by atoms with Crippen LogP contribution in [0.5, 0.6) is 0 Å². The highest BCUT2D eigenvalue weighted by Gasteiger charge is 2.40. The molecule has 1 unspecified atom stereocenters. The predicted molar refractivity (Wildman–Crippen MR) is 287 cm³/mol. The molecule has 17 nitrogen and oxygen atoms in total. The van der Waals surface area contributed by atoms with Crippen molar-refractivity contribution in [1.29, 1.82) is 0 Å². The van der Waals surface area contributed by atoms with Crippen LogP contribution in [-0.2, 0) is 58.1 Å². The quantitative estimate of drug-likeness (QED) is 0.0191. The molecule has 4 amide bonds. The van der Waals surface area contributed by atoms with Gasteiger partial charge in [0.25, 0.3) is 0 Å². The average molecular weight is 1050 g/mol. The van der Waals surface area contributed by atoms with E-state index >= 15 is 0 Å². The summed E-state index contributed by atoms with van der Waals surface area (Å²) in [5.74, 6) is -4.95. The van der Waals surface area contributed by atoms with Crippen LogP contribution in [0.15, 0.2) is 90.1 Å². The Labute approximate surface area is 447 Å². The summed E-state index contributed by atoms with van der Waals surface area (Å²) in [5, 5.41) is 14.1. The number of esters is 2. The van der Waals surface area contributed by atoms with Gasteiger partial charge in [0.1, 0.15) is 36.4 Å². The van der Waals surface area contributed by atoms with Crippen LogP contribution in [-0.4, -0.2) is 103 Å². The predicted octanol–water partition coefficient (Wildman–Crippen LogP) is 7.63. The molecule has 5 N–H and O–H groups in total. The van der Waals surface area contributed by atoms with Crippen molar-refractivity contribution in [1.82, 2.24) is 26.6 Å². The number of rotatable bonds is 24. The van der Waals surface area contributed by atoms with Crippen LogP contribution >= 0.6 is 0 Å². The molecule has 17 heteroatoms. The molecule has 2 aliphatic rings. The van der Waals surface area contributed by atoms with Gasteiger partial charge in [-0.1, -0.05) is 107 Å². The Hall–Kier alpha value is -6.88. The molecule has 0 aliphatic heterocycles. The Morgan fingerprint density at radius 3 is 1.78 bits per heavy atom. The number of amides is 4. The topological polar surface area (TPSA) is 234 Å². The van der Waals surface area contributed by atoms with Crippen LogP contribution < -0.4 is 26.6 Å². The van der Waals surface area contributed by atoms with Gasteiger partial charge in [0.05, 0.1) is 24.4 Å². The molecule has 0 aromatic heterocycles. The van der Waals surface area contributed by atoms with Crippen molar-refractivity contribution in [2.45, 2.75) is 168 Å². The zero-order chi connectivity index (χ0) is 56.1. The zero-order valence-electron chi connectivity index (χ0n) is 46.3. The van der Waals surface area contributed by atoms with Gasteiger partial charge in [0, 0.05) is 37.4 Å². The number of carbonyl (C=O) groups is 8. The number of Topliss-reactive ketones (excluding diaryl/α,β-unsaturated/α-hetero) is 2. The number of benzene rings is 3. The maximum atomic E-state index is 14.7. The lowest BCUT2D eigenvalue weighted by Gasteiger charge is -2.33. The third-order valence-electron chi connectivity index (χ3n) is 13.6. The van der Waals surface area contributed by atoms with Crippen LogP contribution in [0.3, 0.4) is 0 Å². The van der Waals surface area contributed by atoms with Gasteiger partial charge in [0.2, 0.25) is 17.7 Å². The summed E-state index contributed by atoms with van der Waals surface area (Å²) in [7, 11) is 1.19. The van der Waals surface area contributed by atoms with Crippen LogP contribution in [0.1, 0.15) is 144 Å². The maximum absolute atomic E-state index is 14.7. The smallest absolute Gasteiger partial charge is 0.407 e. The molecule has 0 heterocycles. The molecule has 3 aromatic rings. The van der Waals surface area contributed by atoms with E-state index in [0.717, 1.165) is 27.8 Å². The van der Waals surface area contributed by atoms with Crippen LogP contribution in [0, 0.1) is 11.3 Å². The van der Waals surface area contributed by atoms with Gasteiger partial charge < -0.3 is 45.5 Å². The molecular formula is C59H79N5O12. The van der Waals surface area contributed by atoms with E-state index in [2.05, 4.69) is 38.7 Å². The van der Waals surface area contributed by atoms with E-state index in [1.165, 1.54) is 7.11 Å². The summed E-state index contributed by atoms with van der Waals surface area (Å²) in [6, 6.07) is 20.1. The van der Waals surface area contributed by atoms with Crippen molar-refractivity contribution in [3.63, 3.8) is 0 Å². The van der Waals surface area contributed by atoms with Gasteiger partial charge in [-0.2, -0.15) is 0 Å². The van der Waals surface area contributed by atoms with Gasteiger partial charge in [-0.05, 0) is 113 Å². The number of carbonyl (C=O) groups excluding carboxylic acids is 8. The van der Waals surface area contributed by atoms with E-state index in [0.29, 0.717) is 12.8 Å². The number of hydrogen-bond acceptors (Lipinski definition) is 13. The fraction of sp³-hybridized carbons (Fsp3) is 0.525. The highest BCUT2D eigenvalue weighted by atomic mass is 16.6. The van der Waals surface area contributed by atoms with Crippen molar-refractivity contribution < 1.29 is 57.3 Å². The first-order valence-electron chi connectivity index (χ1n) is 26.3. The lowest BCUT2D eigenvalue weighted by atomic mass is 9.73. The van der Waals surface area contributed by atoms with Gasteiger partial charge in [-0.15, -0.1) is 0 Å². The first-order chi connectivity index (χ1) is 35.7. The van der Waals surface area contributed by atoms with E-state index in [1.54, 1.807) is 62.3 Å². The molecule has 3 aromatic carbocycles. The van der Waals surface area contributed by atoms with Crippen LogP contribution in [0.2, 0.25) is 0 Å². The molecule has 0 spiro atoms. The minimum absolute atomic E-state index is 0.0287. The molecule has 1 fully saturated rings. The summed E-state index contributed by atoms with van der Waals surface area (Å²) in [4.78, 5) is 110. The summed E-state index contributed by atoms with van der Waals surface area (Å²) in [5.41, 5.74) is 2.89. The number of alkyl carbamates (subject to hydrolysis) is 1. The van der Waals surface area contributed by atoms with Gasteiger partial charge in [0.15, 0.2) is 11.6 Å². The van der Waals surface area contributed by atoms with Crippen molar-refractivity contribution >= 4 is 47.3 Å².